The average molecular weight is 221 g/mol. The monoisotopic (exact) mass is 221 g/mol. The van der Waals surface area contributed by atoms with Crippen molar-refractivity contribution in [1.29, 1.82) is 0 Å². The Hall–Kier alpha value is -1.51. The van der Waals surface area contributed by atoms with E-state index in [0.717, 1.165) is 11.3 Å². The van der Waals surface area contributed by atoms with Gasteiger partial charge in [0.2, 0.25) is 0 Å². The third-order valence-corrected chi connectivity index (χ3v) is 2.36. The molecule has 0 fully saturated rings. The second kappa shape index (κ2) is 5.54. The van der Waals surface area contributed by atoms with Gasteiger partial charge in [0, 0.05) is 5.69 Å². The fourth-order valence-electron chi connectivity index (χ4n) is 1.63. The molecule has 0 aliphatic rings. The van der Waals surface area contributed by atoms with Crippen molar-refractivity contribution in [3.63, 3.8) is 0 Å². The van der Waals surface area contributed by atoms with Crippen LogP contribution in [0.4, 0.5) is 5.69 Å². The first kappa shape index (κ1) is 12.6. The highest BCUT2D eigenvalue weighted by Gasteiger charge is 2.18. The summed E-state index contributed by atoms with van der Waals surface area (Å²) in [7, 11) is 0. The summed E-state index contributed by atoms with van der Waals surface area (Å²) in [4.78, 5) is 11.1. The van der Waals surface area contributed by atoms with Crippen molar-refractivity contribution in [2.75, 3.05) is 5.32 Å². The lowest BCUT2D eigenvalue weighted by Crippen LogP contribution is -2.30. The van der Waals surface area contributed by atoms with Crippen LogP contribution < -0.4 is 5.32 Å². The van der Waals surface area contributed by atoms with Crippen LogP contribution in [0.2, 0.25) is 0 Å². The van der Waals surface area contributed by atoms with Crippen LogP contribution in [0.25, 0.3) is 0 Å². The van der Waals surface area contributed by atoms with E-state index >= 15 is 0 Å². The Balaban J connectivity index is 2.71. The van der Waals surface area contributed by atoms with Crippen LogP contribution in [-0.4, -0.2) is 17.1 Å². The lowest BCUT2D eigenvalue weighted by molar-refractivity contribution is -0.138. The highest BCUT2D eigenvalue weighted by atomic mass is 16.4. The Morgan fingerprint density at radius 3 is 2.62 bits per heavy atom. The molecule has 0 saturated heterocycles. The number of aliphatic carboxylic acids is 1. The van der Waals surface area contributed by atoms with Gasteiger partial charge in [-0.2, -0.15) is 0 Å². The second-order valence-corrected chi connectivity index (χ2v) is 4.53. The maximum Gasteiger partial charge on any atom is 0.326 e. The first-order valence-electron chi connectivity index (χ1n) is 5.55. The van der Waals surface area contributed by atoms with Crippen LogP contribution >= 0.6 is 0 Å². The van der Waals surface area contributed by atoms with Gasteiger partial charge in [-0.3, -0.25) is 0 Å². The highest BCUT2D eigenvalue weighted by molar-refractivity contribution is 5.77. The number of hydrogen-bond acceptors (Lipinski definition) is 2. The average Bonchev–Trinajstić information content (AvgIpc) is 2.15. The van der Waals surface area contributed by atoms with Crippen molar-refractivity contribution in [2.24, 2.45) is 5.92 Å². The molecule has 1 unspecified atom stereocenters. The number of anilines is 1. The quantitative estimate of drug-likeness (QED) is 0.803. The Bertz CT molecular complexity index is 361. The molecule has 1 rings (SSSR count). The molecule has 0 amide bonds. The maximum absolute atomic E-state index is 11.1. The summed E-state index contributed by atoms with van der Waals surface area (Å²) in [6.07, 6.45) is 0.628. The van der Waals surface area contributed by atoms with Gasteiger partial charge in [0.15, 0.2) is 0 Å². The minimum absolute atomic E-state index is 0.360. The third kappa shape index (κ3) is 3.93. The van der Waals surface area contributed by atoms with E-state index in [1.165, 1.54) is 0 Å². The topological polar surface area (TPSA) is 49.3 Å². The summed E-state index contributed by atoms with van der Waals surface area (Å²) >= 11 is 0. The molecule has 0 bridgehead atoms. The van der Waals surface area contributed by atoms with Crippen molar-refractivity contribution >= 4 is 11.7 Å². The van der Waals surface area contributed by atoms with Gasteiger partial charge in [0.1, 0.15) is 6.04 Å². The summed E-state index contributed by atoms with van der Waals surface area (Å²) in [6.45, 7) is 6.03. The van der Waals surface area contributed by atoms with Crippen molar-refractivity contribution in [3.05, 3.63) is 29.8 Å². The number of carbonyl (C=O) groups is 1. The molecule has 0 aliphatic heterocycles. The van der Waals surface area contributed by atoms with Crippen LogP contribution in [0, 0.1) is 12.8 Å². The first-order valence-corrected chi connectivity index (χ1v) is 5.55. The van der Waals surface area contributed by atoms with Crippen molar-refractivity contribution in [3.8, 4) is 0 Å². The summed E-state index contributed by atoms with van der Waals surface area (Å²) in [6, 6.07) is 7.25. The van der Waals surface area contributed by atoms with E-state index in [9.17, 15) is 4.79 Å². The van der Waals surface area contributed by atoms with Crippen LogP contribution in [0.1, 0.15) is 25.8 Å². The largest absolute Gasteiger partial charge is 0.480 e. The Kier molecular flexibility index (Phi) is 4.35. The van der Waals surface area contributed by atoms with Crippen molar-refractivity contribution < 1.29 is 9.90 Å². The Morgan fingerprint density at radius 1 is 1.44 bits per heavy atom. The molecule has 0 aromatic heterocycles. The fourth-order valence-corrected chi connectivity index (χ4v) is 1.63. The molecule has 1 atom stereocenters. The fraction of sp³-hybridized carbons (Fsp3) is 0.462. The minimum atomic E-state index is -0.796. The van der Waals surface area contributed by atoms with Gasteiger partial charge in [-0.15, -0.1) is 0 Å². The molecule has 1 aromatic carbocycles. The molecule has 3 heteroatoms. The normalized spacial score (nSPS) is 12.5. The Morgan fingerprint density at radius 2 is 2.12 bits per heavy atom. The molecule has 0 radical (unpaired) electrons. The van der Waals surface area contributed by atoms with Gasteiger partial charge in [-0.05, 0) is 37.0 Å². The number of aryl methyl sites for hydroxylation is 1. The summed E-state index contributed by atoms with van der Waals surface area (Å²) in [5.74, 6) is -0.436. The van der Waals surface area contributed by atoms with E-state index in [1.807, 2.05) is 45.0 Å². The van der Waals surface area contributed by atoms with E-state index in [-0.39, 0.29) is 0 Å². The van der Waals surface area contributed by atoms with Crippen LogP contribution in [-0.2, 0) is 4.79 Å². The predicted octanol–water partition coefficient (Wildman–Crippen LogP) is 2.91. The first-order chi connectivity index (χ1) is 7.49. The van der Waals surface area contributed by atoms with Gasteiger partial charge in [0.05, 0.1) is 0 Å². The SMILES string of the molecule is Cc1cccc(NC(CC(C)C)C(=O)O)c1. The number of rotatable bonds is 5. The zero-order chi connectivity index (χ0) is 12.1. The molecule has 0 aliphatic carbocycles. The standard InChI is InChI=1S/C13H19NO2/c1-9(2)7-12(13(15)16)14-11-6-4-5-10(3)8-11/h4-6,8-9,12,14H,7H2,1-3H3,(H,15,16). The number of carboxylic acids is 1. The molecule has 3 nitrogen and oxygen atoms in total. The van der Waals surface area contributed by atoms with Gasteiger partial charge in [0.25, 0.3) is 0 Å². The van der Waals surface area contributed by atoms with E-state index in [0.29, 0.717) is 12.3 Å². The van der Waals surface area contributed by atoms with E-state index < -0.39 is 12.0 Å². The lowest BCUT2D eigenvalue weighted by atomic mass is 10.0. The van der Waals surface area contributed by atoms with E-state index in [1.54, 1.807) is 0 Å². The zero-order valence-electron chi connectivity index (χ0n) is 10.0. The number of hydrogen-bond donors (Lipinski definition) is 2. The van der Waals surface area contributed by atoms with Gasteiger partial charge in [-0.1, -0.05) is 26.0 Å². The smallest absolute Gasteiger partial charge is 0.326 e. The van der Waals surface area contributed by atoms with Gasteiger partial charge >= 0.3 is 5.97 Å². The zero-order valence-corrected chi connectivity index (χ0v) is 10.0. The summed E-state index contributed by atoms with van der Waals surface area (Å²) in [5.41, 5.74) is 1.99. The molecular formula is C13H19NO2. The van der Waals surface area contributed by atoms with Crippen molar-refractivity contribution in [2.45, 2.75) is 33.2 Å². The van der Waals surface area contributed by atoms with E-state index in [2.05, 4.69) is 5.32 Å². The molecule has 0 saturated carbocycles. The van der Waals surface area contributed by atoms with Crippen LogP contribution in [0.3, 0.4) is 0 Å². The molecular weight excluding hydrogens is 202 g/mol. The van der Waals surface area contributed by atoms with Gasteiger partial charge in [-0.25, -0.2) is 4.79 Å². The summed E-state index contributed by atoms with van der Waals surface area (Å²) in [5, 5.41) is 12.1. The molecule has 0 heterocycles. The maximum atomic E-state index is 11.1. The molecule has 2 N–H and O–H groups in total. The summed E-state index contributed by atoms with van der Waals surface area (Å²) < 4.78 is 0. The second-order valence-electron chi connectivity index (χ2n) is 4.53. The van der Waals surface area contributed by atoms with Gasteiger partial charge < -0.3 is 10.4 Å². The Labute approximate surface area is 96.5 Å². The lowest BCUT2D eigenvalue weighted by Gasteiger charge is -2.17. The highest BCUT2D eigenvalue weighted by Crippen LogP contribution is 2.14. The van der Waals surface area contributed by atoms with Crippen LogP contribution in [0.5, 0.6) is 0 Å². The molecule has 88 valence electrons. The predicted molar refractivity (Wildman–Crippen MR) is 65.7 cm³/mol. The van der Waals surface area contributed by atoms with E-state index in [4.69, 9.17) is 5.11 Å². The molecule has 1 aromatic rings. The number of carboxylic acid groups (broad SMARTS) is 1. The third-order valence-electron chi connectivity index (χ3n) is 2.36. The number of nitrogens with one attached hydrogen (secondary N) is 1. The number of benzene rings is 1. The molecule has 16 heavy (non-hydrogen) atoms. The minimum Gasteiger partial charge on any atom is -0.480 e. The van der Waals surface area contributed by atoms with Crippen LogP contribution in [0.15, 0.2) is 24.3 Å². The molecule has 0 spiro atoms. The van der Waals surface area contributed by atoms with Crippen molar-refractivity contribution in [1.82, 2.24) is 0 Å².